The Labute approximate surface area is 129 Å². The predicted octanol–water partition coefficient (Wildman–Crippen LogP) is 2.87. The lowest BCUT2D eigenvalue weighted by Gasteiger charge is -2.30. The Kier molecular flexibility index (Phi) is 5.80. The van der Waals surface area contributed by atoms with Crippen LogP contribution in [0.3, 0.4) is 0 Å². The van der Waals surface area contributed by atoms with Crippen molar-refractivity contribution in [2.24, 2.45) is 0 Å². The van der Waals surface area contributed by atoms with Gasteiger partial charge in [-0.2, -0.15) is 0 Å². The topological polar surface area (TPSA) is 26.7 Å². The monoisotopic (exact) mass is 290 g/mol. The van der Waals surface area contributed by atoms with Crippen molar-refractivity contribution >= 4 is 0 Å². The van der Waals surface area contributed by atoms with Crippen LogP contribution in [0.5, 0.6) is 0 Å². The van der Waals surface area contributed by atoms with Gasteiger partial charge in [0.05, 0.1) is 6.10 Å². The van der Waals surface area contributed by atoms with Gasteiger partial charge < -0.3 is 10.0 Å². The highest BCUT2D eigenvalue weighted by Crippen LogP contribution is 2.21. The Bertz CT molecular complexity index is 429. The van der Waals surface area contributed by atoms with E-state index in [0.717, 1.165) is 31.7 Å². The maximum atomic E-state index is 10.5. The second-order valence-corrected chi connectivity index (χ2v) is 6.80. The molecule has 1 heterocycles. The first-order valence-corrected chi connectivity index (χ1v) is 8.18. The molecule has 1 aromatic carbocycles. The summed E-state index contributed by atoms with van der Waals surface area (Å²) in [6.45, 7) is 10.7. The SMILES string of the molecule is CC(C)c1ccc(C(O)CN2CCCN(C)CC2C)cc1. The molecule has 1 fully saturated rings. The first-order chi connectivity index (χ1) is 9.97. The van der Waals surface area contributed by atoms with Gasteiger partial charge in [-0.1, -0.05) is 38.1 Å². The standard InChI is InChI=1S/C18H30N2O/c1-14(2)16-6-8-17(9-7-16)18(21)13-20-11-5-10-19(4)12-15(20)3/h6-9,14-15,18,21H,5,10-13H2,1-4H3. The molecule has 1 aliphatic heterocycles. The smallest absolute Gasteiger partial charge is 0.0917 e. The molecule has 3 heteroatoms. The number of rotatable bonds is 4. The third-order valence-electron chi connectivity index (χ3n) is 4.58. The van der Waals surface area contributed by atoms with Crippen molar-refractivity contribution in [2.45, 2.75) is 45.3 Å². The minimum Gasteiger partial charge on any atom is -0.387 e. The van der Waals surface area contributed by atoms with Crippen molar-refractivity contribution in [1.82, 2.24) is 9.80 Å². The van der Waals surface area contributed by atoms with Crippen LogP contribution in [0.15, 0.2) is 24.3 Å². The van der Waals surface area contributed by atoms with Crippen LogP contribution in [-0.4, -0.2) is 54.2 Å². The van der Waals surface area contributed by atoms with Crippen molar-refractivity contribution in [1.29, 1.82) is 0 Å². The molecular weight excluding hydrogens is 260 g/mol. The molecule has 0 bridgehead atoms. The van der Waals surface area contributed by atoms with Crippen molar-refractivity contribution in [3.05, 3.63) is 35.4 Å². The summed E-state index contributed by atoms with van der Waals surface area (Å²) in [5.74, 6) is 0.539. The van der Waals surface area contributed by atoms with Gasteiger partial charge in [0.15, 0.2) is 0 Å². The van der Waals surface area contributed by atoms with Crippen molar-refractivity contribution < 1.29 is 5.11 Å². The van der Waals surface area contributed by atoms with Crippen LogP contribution >= 0.6 is 0 Å². The molecule has 118 valence electrons. The zero-order valence-electron chi connectivity index (χ0n) is 13.9. The van der Waals surface area contributed by atoms with E-state index in [1.807, 2.05) is 0 Å². The fourth-order valence-electron chi connectivity index (χ4n) is 3.12. The molecule has 0 aliphatic carbocycles. The lowest BCUT2D eigenvalue weighted by atomic mass is 9.99. The predicted molar refractivity (Wildman–Crippen MR) is 88.6 cm³/mol. The van der Waals surface area contributed by atoms with Gasteiger partial charge in [0.2, 0.25) is 0 Å². The Hall–Kier alpha value is -0.900. The van der Waals surface area contributed by atoms with E-state index in [4.69, 9.17) is 0 Å². The number of hydrogen-bond donors (Lipinski definition) is 1. The van der Waals surface area contributed by atoms with Gasteiger partial charge in [-0.3, -0.25) is 4.90 Å². The van der Waals surface area contributed by atoms with Crippen molar-refractivity contribution in [2.75, 3.05) is 33.2 Å². The highest BCUT2D eigenvalue weighted by Gasteiger charge is 2.22. The number of benzene rings is 1. The van der Waals surface area contributed by atoms with Crippen LogP contribution in [0, 0.1) is 0 Å². The summed E-state index contributed by atoms with van der Waals surface area (Å²) in [6, 6.07) is 8.94. The molecule has 1 saturated heterocycles. The molecule has 2 rings (SSSR count). The van der Waals surface area contributed by atoms with Crippen LogP contribution in [-0.2, 0) is 0 Å². The zero-order chi connectivity index (χ0) is 15.4. The van der Waals surface area contributed by atoms with E-state index in [0.29, 0.717) is 12.0 Å². The molecule has 2 unspecified atom stereocenters. The molecule has 3 nitrogen and oxygen atoms in total. The van der Waals surface area contributed by atoms with Gasteiger partial charge in [0.25, 0.3) is 0 Å². The van der Waals surface area contributed by atoms with E-state index < -0.39 is 6.10 Å². The number of hydrogen-bond acceptors (Lipinski definition) is 3. The Morgan fingerprint density at radius 2 is 1.76 bits per heavy atom. The summed E-state index contributed by atoms with van der Waals surface area (Å²) < 4.78 is 0. The quantitative estimate of drug-likeness (QED) is 0.923. The minimum absolute atomic E-state index is 0.392. The number of aliphatic hydroxyl groups excluding tert-OH is 1. The largest absolute Gasteiger partial charge is 0.387 e. The highest BCUT2D eigenvalue weighted by atomic mass is 16.3. The molecule has 0 saturated carbocycles. The maximum absolute atomic E-state index is 10.5. The first-order valence-electron chi connectivity index (χ1n) is 8.18. The zero-order valence-corrected chi connectivity index (χ0v) is 13.9. The number of nitrogens with zero attached hydrogens (tertiary/aromatic N) is 2. The molecule has 21 heavy (non-hydrogen) atoms. The molecule has 2 atom stereocenters. The van der Waals surface area contributed by atoms with Gasteiger partial charge >= 0.3 is 0 Å². The van der Waals surface area contributed by atoms with E-state index >= 15 is 0 Å². The number of β-amino-alcohol motifs (C(OH)–C–C–N with tert-alkyl or cyclic N) is 1. The van der Waals surface area contributed by atoms with E-state index in [-0.39, 0.29) is 0 Å². The van der Waals surface area contributed by atoms with Gasteiger partial charge in [-0.05, 0) is 50.5 Å². The fourth-order valence-corrected chi connectivity index (χ4v) is 3.12. The second kappa shape index (κ2) is 7.39. The highest BCUT2D eigenvalue weighted by molar-refractivity contribution is 5.26. The third kappa shape index (κ3) is 4.53. The Morgan fingerprint density at radius 1 is 1.14 bits per heavy atom. The first kappa shape index (κ1) is 16.5. The molecule has 0 radical (unpaired) electrons. The van der Waals surface area contributed by atoms with Crippen molar-refractivity contribution in [3.63, 3.8) is 0 Å². The van der Waals surface area contributed by atoms with Crippen molar-refractivity contribution in [3.8, 4) is 0 Å². The Balaban J connectivity index is 1.98. The van der Waals surface area contributed by atoms with E-state index in [9.17, 15) is 5.11 Å². The summed E-state index contributed by atoms with van der Waals surface area (Å²) in [5, 5.41) is 10.5. The summed E-state index contributed by atoms with van der Waals surface area (Å²) >= 11 is 0. The number of aliphatic hydroxyl groups is 1. The summed E-state index contributed by atoms with van der Waals surface area (Å²) in [7, 11) is 2.18. The maximum Gasteiger partial charge on any atom is 0.0917 e. The lowest BCUT2D eigenvalue weighted by Crippen LogP contribution is -2.40. The molecule has 1 aliphatic rings. The number of likely N-dealkylation sites (N-methyl/N-ethyl adjacent to an activating group) is 1. The molecule has 0 aromatic heterocycles. The van der Waals surface area contributed by atoms with Gasteiger partial charge in [-0.25, -0.2) is 0 Å². The van der Waals surface area contributed by atoms with Gasteiger partial charge in [0.1, 0.15) is 0 Å². The van der Waals surface area contributed by atoms with Crippen LogP contribution < -0.4 is 0 Å². The second-order valence-electron chi connectivity index (χ2n) is 6.80. The average molecular weight is 290 g/mol. The third-order valence-corrected chi connectivity index (χ3v) is 4.58. The molecule has 1 N–H and O–H groups in total. The Morgan fingerprint density at radius 3 is 2.38 bits per heavy atom. The lowest BCUT2D eigenvalue weighted by molar-refractivity contribution is 0.0920. The average Bonchev–Trinajstić information content (AvgIpc) is 2.60. The van der Waals surface area contributed by atoms with Gasteiger partial charge in [-0.15, -0.1) is 0 Å². The minimum atomic E-state index is -0.392. The normalized spacial score (nSPS) is 23.2. The molecule has 1 aromatic rings. The van der Waals surface area contributed by atoms with E-state index in [1.54, 1.807) is 0 Å². The summed E-state index contributed by atoms with van der Waals surface area (Å²) in [4.78, 5) is 4.80. The van der Waals surface area contributed by atoms with Gasteiger partial charge in [0, 0.05) is 19.1 Å². The summed E-state index contributed by atoms with van der Waals surface area (Å²) in [5.41, 5.74) is 2.36. The van der Waals surface area contributed by atoms with E-state index in [2.05, 4.69) is 61.9 Å². The van der Waals surface area contributed by atoms with E-state index in [1.165, 1.54) is 12.0 Å². The molecular formula is C18H30N2O. The summed E-state index contributed by atoms with van der Waals surface area (Å²) in [6.07, 6.45) is 0.789. The van der Waals surface area contributed by atoms with Crippen LogP contribution in [0.2, 0.25) is 0 Å². The van der Waals surface area contributed by atoms with Crippen LogP contribution in [0.1, 0.15) is 50.3 Å². The van der Waals surface area contributed by atoms with Crippen LogP contribution in [0.4, 0.5) is 0 Å². The van der Waals surface area contributed by atoms with Crippen LogP contribution in [0.25, 0.3) is 0 Å². The molecule has 0 amide bonds. The molecule has 0 spiro atoms. The fraction of sp³-hybridized carbons (Fsp3) is 0.667.